The molecule has 2 aromatic rings. The number of rotatable bonds is 7. The van der Waals surface area contributed by atoms with Crippen LogP contribution in [0.25, 0.3) is 6.08 Å². The SMILES string of the molecule is COCC(C)OC(=O)/C(C)=C/c1cc(F)c(Oc2ccccc2)c(F)c1. The monoisotopic (exact) mass is 362 g/mol. The highest BCUT2D eigenvalue weighted by atomic mass is 19.1. The molecule has 0 spiro atoms. The number of carbonyl (C=O) groups is 1. The molecule has 0 aromatic heterocycles. The van der Waals surface area contributed by atoms with E-state index in [-0.39, 0.29) is 17.7 Å². The molecule has 2 aromatic carbocycles. The zero-order chi connectivity index (χ0) is 19.1. The number of halogens is 2. The zero-order valence-corrected chi connectivity index (χ0v) is 14.8. The van der Waals surface area contributed by atoms with Gasteiger partial charge in [-0.25, -0.2) is 13.6 Å². The average Bonchev–Trinajstić information content (AvgIpc) is 2.59. The molecule has 0 heterocycles. The van der Waals surface area contributed by atoms with Gasteiger partial charge in [-0.3, -0.25) is 0 Å². The number of hydrogen-bond donors (Lipinski definition) is 0. The van der Waals surface area contributed by atoms with Gasteiger partial charge < -0.3 is 14.2 Å². The summed E-state index contributed by atoms with van der Waals surface area (Å²) in [5, 5.41) is 0. The largest absolute Gasteiger partial charge is 0.457 e. The van der Waals surface area contributed by atoms with Crippen LogP contribution in [-0.4, -0.2) is 25.8 Å². The second-order valence-corrected chi connectivity index (χ2v) is 5.73. The number of carbonyl (C=O) groups excluding carboxylic acids is 1. The summed E-state index contributed by atoms with van der Waals surface area (Å²) in [7, 11) is 1.50. The number of para-hydroxylation sites is 1. The van der Waals surface area contributed by atoms with Crippen LogP contribution in [0.15, 0.2) is 48.0 Å². The first kappa shape index (κ1) is 19.6. The Kier molecular flexibility index (Phi) is 6.86. The Labute approximate surface area is 151 Å². The number of methoxy groups -OCH3 is 1. The number of esters is 1. The van der Waals surface area contributed by atoms with E-state index < -0.39 is 29.5 Å². The molecule has 1 atom stereocenters. The molecule has 26 heavy (non-hydrogen) atoms. The maximum Gasteiger partial charge on any atom is 0.334 e. The predicted octanol–water partition coefficient (Wildman–Crippen LogP) is 4.74. The van der Waals surface area contributed by atoms with Crippen molar-refractivity contribution in [3.05, 3.63) is 65.2 Å². The molecule has 0 aliphatic rings. The molecule has 0 bridgehead atoms. The van der Waals surface area contributed by atoms with Crippen molar-refractivity contribution in [2.24, 2.45) is 0 Å². The molecule has 0 saturated heterocycles. The Hall–Kier alpha value is -2.73. The lowest BCUT2D eigenvalue weighted by Gasteiger charge is -2.12. The van der Waals surface area contributed by atoms with Gasteiger partial charge >= 0.3 is 5.97 Å². The Morgan fingerprint density at radius 2 is 1.77 bits per heavy atom. The van der Waals surface area contributed by atoms with Crippen LogP contribution >= 0.6 is 0 Å². The molecule has 0 N–H and O–H groups in total. The highest BCUT2D eigenvalue weighted by Gasteiger charge is 2.15. The van der Waals surface area contributed by atoms with Crippen LogP contribution in [0.1, 0.15) is 19.4 Å². The smallest absolute Gasteiger partial charge is 0.334 e. The zero-order valence-electron chi connectivity index (χ0n) is 14.8. The fourth-order valence-electron chi connectivity index (χ4n) is 2.22. The molecule has 0 fully saturated rings. The van der Waals surface area contributed by atoms with Gasteiger partial charge in [-0.1, -0.05) is 18.2 Å². The number of ether oxygens (including phenoxy) is 3. The fourth-order valence-corrected chi connectivity index (χ4v) is 2.22. The van der Waals surface area contributed by atoms with E-state index in [1.807, 2.05) is 0 Å². The Morgan fingerprint density at radius 1 is 1.15 bits per heavy atom. The van der Waals surface area contributed by atoms with Crippen LogP contribution in [0, 0.1) is 11.6 Å². The van der Waals surface area contributed by atoms with Crippen molar-refractivity contribution in [2.75, 3.05) is 13.7 Å². The first-order chi connectivity index (χ1) is 12.4. The van der Waals surface area contributed by atoms with E-state index >= 15 is 0 Å². The lowest BCUT2D eigenvalue weighted by Crippen LogP contribution is -2.20. The first-order valence-corrected chi connectivity index (χ1v) is 8.01. The minimum Gasteiger partial charge on any atom is -0.457 e. The molecule has 0 radical (unpaired) electrons. The Morgan fingerprint density at radius 3 is 2.35 bits per heavy atom. The molecule has 2 rings (SSSR count). The maximum absolute atomic E-state index is 14.2. The van der Waals surface area contributed by atoms with Crippen LogP contribution in [0.4, 0.5) is 8.78 Å². The summed E-state index contributed by atoms with van der Waals surface area (Å²) in [5.41, 5.74) is 0.401. The van der Waals surface area contributed by atoms with E-state index in [0.717, 1.165) is 12.1 Å². The predicted molar refractivity (Wildman–Crippen MR) is 94.0 cm³/mol. The van der Waals surface area contributed by atoms with Crippen LogP contribution in [-0.2, 0) is 14.3 Å². The van der Waals surface area contributed by atoms with Crippen molar-refractivity contribution in [1.82, 2.24) is 0 Å². The summed E-state index contributed by atoms with van der Waals surface area (Å²) in [5.74, 6) is -2.49. The van der Waals surface area contributed by atoms with E-state index in [2.05, 4.69) is 0 Å². The number of hydrogen-bond acceptors (Lipinski definition) is 4. The van der Waals surface area contributed by atoms with Crippen molar-refractivity contribution in [1.29, 1.82) is 0 Å². The van der Waals surface area contributed by atoms with Crippen LogP contribution < -0.4 is 4.74 Å². The molecular weight excluding hydrogens is 342 g/mol. The van der Waals surface area contributed by atoms with Gasteiger partial charge in [-0.15, -0.1) is 0 Å². The molecule has 1 unspecified atom stereocenters. The molecule has 0 saturated carbocycles. The summed E-state index contributed by atoms with van der Waals surface area (Å²) in [4.78, 5) is 12.0. The first-order valence-electron chi connectivity index (χ1n) is 8.01. The van der Waals surface area contributed by atoms with Gasteiger partial charge in [0.05, 0.1) is 6.61 Å². The second-order valence-electron chi connectivity index (χ2n) is 5.73. The maximum atomic E-state index is 14.2. The molecule has 138 valence electrons. The summed E-state index contributed by atoms with van der Waals surface area (Å²) in [6, 6.07) is 10.5. The van der Waals surface area contributed by atoms with Gasteiger partial charge in [-0.2, -0.15) is 0 Å². The molecule has 6 heteroatoms. The minimum absolute atomic E-state index is 0.189. The summed E-state index contributed by atoms with van der Waals surface area (Å²) >= 11 is 0. The molecular formula is C20H20F2O4. The second kappa shape index (κ2) is 9.10. The van der Waals surface area contributed by atoms with E-state index in [9.17, 15) is 13.6 Å². The number of benzene rings is 2. The van der Waals surface area contributed by atoms with Crippen molar-refractivity contribution >= 4 is 12.0 Å². The van der Waals surface area contributed by atoms with Gasteiger partial charge in [0, 0.05) is 12.7 Å². The van der Waals surface area contributed by atoms with E-state index in [1.165, 1.54) is 20.1 Å². The van der Waals surface area contributed by atoms with E-state index in [4.69, 9.17) is 14.2 Å². The minimum atomic E-state index is -0.867. The van der Waals surface area contributed by atoms with Crippen molar-refractivity contribution in [3.63, 3.8) is 0 Å². The normalized spacial score (nSPS) is 12.6. The highest BCUT2D eigenvalue weighted by molar-refractivity contribution is 5.93. The van der Waals surface area contributed by atoms with Crippen LogP contribution in [0.5, 0.6) is 11.5 Å². The van der Waals surface area contributed by atoms with Crippen LogP contribution in [0.2, 0.25) is 0 Å². The third-order valence-electron chi connectivity index (χ3n) is 3.40. The summed E-state index contributed by atoms with van der Waals surface area (Å²) in [6.07, 6.45) is 0.923. The topological polar surface area (TPSA) is 44.8 Å². The molecule has 0 aliphatic carbocycles. The third-order valence-corrected chi connectivity index (χ3v) is 3.40. The lowest BCUT2D eigenvalue weighted by molar-refractivity contribution is -0.145. The van der Waals surface area contributed by atoms with Crippen LogP contribution in [0.3, 0.4) is 0 Å². The Balaban J connectivity index is 2.17. The standard InChI is InChI=1S/C20H20F2O4/c1-13(20(23)25-14(2)12-24-3)9-15-10-17(21)19(18(22)11-15)26-16-7-5-4-6-8-16/h4-11,14H,12H2,1-3H3/b13-9+. The quantitative estimate of drug-likeness (QED) is 0.527. The fraction of sp³-hybridized carbons (Fsp3) is 0.250. The van der Waals surface area contributed by atoms with Gasteiger partial charge in [0.15, 0.2) is 17.4 Å². The lowest BCUT2D eigenvalue weighted by atomic mass is 10.1. The van der Waals surface area contributed by atoms with Crippen molar-refractivity contribution in [3.8, 4) is 11.5 Å². The molecule has 0 aliphatic heterocycles. The highest BCUT2D eigenvalue weighted by Crippen LogP contribution is 2.29. The van der Waals surface area contributed by atoms with Gasteiger partial charge in [0.1, 0.15) is 11.9 Å². The summed E-state index contributed by atoms with van der Waals surface area (Å²) < 4.78 is 43.7. The molecule has 0 amide bonds. The van der Waals surface area contributed by atoms with E-state index in [0.29, 0.717) is 5.75 Å². The van der Waals surface area contributed by atoms with Crippen molar-refractivity contribution < 1.29 is 27.8 Å². The van der Waals surface area contributed by atoms with Crippen molar-refractivity contribution in [2.45, 2.75) is 20.0 Å². The van der Waals surface area contributed by atoms with Gasteiger partial charge in [0.2, 0.25) is 0 Å². The van der Waals surface area contributed by atoms with Gasteiger partial charge in [-0.05, 0) is 49.8 Å². The average molecular weight is 362 g/mol. The molecule has 4 nitrogen and oxygen atoms in total. The van der Waals surface area contributed by atoms with Gasteiger partial charge in [0.25, 0.3) is 0 Å². The third kappa shape index (κ3) is 5.39. The summed E-state index contributed by atoms with van der Waals surface area (Å²) in [6.45, 7) is 3.45. The van der Waals surface area contributed by atoms with E-state index in [1.54, 1.807) is 37.3 Å². The Bertz CT molecular complexity index is 765.